The topological polar surface area (TPSA) is 87.1 Å². The molecule has 1 rings (SSSR count). The van der Waals surface area contributed by atoms with Crippen LogP contribution in [0.5, 0.6) is 0 Å². The van der Waals surface area contributed by atoms with Crippen LogP contribution in [0, 0.1) is 0 Å². The normalized spacial score (nSPS) is 10.6. The number of hydrogen-bond acceptors (Lipinski definition) is 5. The molecular formula is C12H20N4O2. The summed E-state index contributed by atoms with van der Waals surface area (Å²) in [4.78, 5) is 18.7. The van der Waals surface area contributed by atoms with Crippen molar-refractivity contribution in [1.82, 2.24) is 15.3 Å². The smallest absolute Gasteiger partial charge is 0.303 e. The Labute approximate surface area is 107 Å². The molecule has 100 valence electrons. The Hall–Kier alpha value is -1.69. The molecule has 0 fully saturated rings. The first-order chi connectivity index (χ1) is 8.58. The molecule has 0 amide bonds. The summed E-state index contributed by atoms with van der Waals surface area (Å²) in [5.41, 5.74) is 0.986. The molecule has 0 unspecified atom stereocenters. The summed E-state index contributed by atoms with van der Waals surface area (Å²) >= 11 is 0. The molecule has 0 radical (unpaired) electrons. The number of hydrogen-bond donors (Lipinski definition) is 3. The van der Waals surface area contributed by atoms with Gasteiger partial charge in [0.1, 0.15) is 0 Å². The Balaban J connectivity index is 2.24. The lowest BCUT2D eigenvalue weighted by Gasteiger charge is -2.08. The Kier molecular flexibility index (Phi) is 6.07. The average Bonchev–Trinajstić information content (AvgIpc) is 2.30. The largest absolute Gasteiger partial charge is 0.481 e. The second kappa shape index (κ2) is 7.60. The lowest BCUT2D eigenvalue weighted by Crippen LogP contribution is -2.17. The summed E-state index contributed by atoms with van der Waals surface area (Å²) in [6, 6.07) is 0.310. The first-order valence-electron chi connectivity index (χ1n) is 6.08. The van der Waals surface area contributed by atoms with Crippen LogP contribution in [0.3, 0.4) is 0 Å². The number of aromatic nitrogens is 2. The summed E-state index contributed by atoms with van der Waals surface area (Å²) in [6.45, 7) is 5.39. The van der Waals surface area contributed by atoms with Crippen molar-refractivity contribution in [1.29, 1.82) is 0 Å². The average molecular weight is 252 g/mol. The molecule has 0 aliphatic rings. The molecule has 0 saturated carbocycles. The highest BCUT2D eigenvalue weighted by Gasteiger charge is 2.00. The predicted octanol–water partition coefficient (Wildman–Crippen LogP) is 1.25. The maximum absolute atomic E-state index is 10.3. The van der Waals surface area contributed by atoms with Crippen LogP contribution < -0.4 is 10.6 Å². The van der Waals surface area contributed by atoms with Crippen LogP contribution in [0.15, 0.2) is 12.4 Å². The monoisotopic (exact) mass is 252 g/mol. The van der Waals surface area contributed by atoms with Crippen molar-refractivity contribution in [3.8, 4) is 0 Å². The zero-order valence-corrected chi connectivity index (χ0v) is 10.8. The lowest BCUT2D eigenvalue weighted by atomic mass is 10.3. The molecule has 0 aromatic carbocycles. The zero-order valence-electron chi connectivity index (χ0n) is 10.8. The number of nitrogens with zero attached hydrogens (tertiary/aromatic N) is 2. The number of carbonyl (C=O) groups is 1. The SMILES string of the molecule is CC(C)Nc1ncc(CNCCCC(=O)O)cn1. The third kappa shape index (κ3) is 6.15. The number of rotatable bonds is 8. The molecule has 0 saturated heterocycles. The molecule has 0 bridgehead atoms. The molecule has 1 aromatic heterocycles. The summed E-state index contributed by atoms with van der Waals surface area (Å²) in [5.74, 6) is -0.135. The van der Waals surface area contributed by atoms with Crippen LogP contribution >= 0.6 is 0 Å². The van der Waals surface area contributed by atoms with Gasteiger partial charge in [-0.1, -0.05) is 0 Å². The second-order valence-electron chi connectivity index (χ2n) is 4.39. The number of aliphatic carboxylic acids is 1. The Morgan fingerprint density at radius 1 is 1.39 bits per heavy atom. The molecule has 6 nitrogen and oxygen atoms in total. The van der Waals surface area contributed by atoms with Crippen LogP contribution in [0.4, 0.5) is 5.95 Å². The van der Waals surface area contributed by atoms with Crippen molar-refractivity contribution in [2.45, 2.75) is 39.3 Å². The van der Waals surface area contributed by atoms with Gasteiger partial charge in [-0.05, 0) is 26.8 Å². The van der Waals surface area contributed by atoms with Gasteiger partial charge >= 0.3 is 5.97 Å². The summed E-state index contributed by atoms with van der Waals surface area (Å²) in [6.07, 6.45) is 4.35. The first-order valence-corrected chi connectivity index (χ1v) is 6.08. The molecule has 0 spiro atoms. The van der Waals surface area contributed by atoms with Gasteiger partial charge in [0.25, 0.3) is 0 Å². The van der Waals surface area contributed by atoms with Gasteiger partial charge in [-0.15, -0.1) is 0 Å². The zero-order chi connectivity index (χ0) is 13.4. The van der Waals surface area contributed by atoms with Crippen molar-refractivity contribution in [2.24, 2.45) is 0 Å². The van der Waals surface area contributed by atoms with Gasteiger partial charge in [0.15, 0.2) is 0 Å². The van der Waals surface area contributed by atoms with Gasteiger partial charge in [0.2, 0.25) is 5.95 Å². The van der Waals surface area contributed by atoms with E-state index in [1.807, 2.05) is 13.8 Å². The Morgan fingerprint density at radius 3 is 2.61 bits per heavy atom. The van der Waals surface area contributed by atoms with Gasteiger partial charge < -0.3 is 15.7 Å². The molecule has 0 aliphatic heterocycles. The van der Waals surface area contributed by atoms with Crippen LogP contribution in [0.25, 0.3) is 0 Å². The van der Waals surface area contributed by atoms with Crippen LogP contribution in [0.2, 0.25) is 0 Å². The molecule has 3 N–H and O–H groups in total. The highest BCUT2D eigenvalue weighted by Crippen LogP contribution is 2.01. The van der Waals surface area contributed by atoms with E-state index in [9.17, 15) is 4.79 Å². The van der Waals surface area contributed by atoms with Crippen molar-refractivity contribution >= 4 is 11.9 Å². The fourth-order valence-electron chi connectivity index (χ4n) is 1.38. The van der Waals surface area contributed by atoms with E-state index in [-0.39, 0.29) is 6.42 Å². The molecule has 1 heterocycles. The number of carboxylic acid groups (broad SMARTS) is 1. The van der Waals surface area contributed by atoms with E-state index >= 15 is 0 Å². The molecule has 1 aromatic rings. The van der Waals surface area contributed by atoms with Gasteiger partial charge in [-0.25, -0.2) is 9.97 Å². The first kappa shape index (κ1) is 14.4. The highest BCUT2D eigenvalue weighted by atomic mass is 16.4. The number of carboxylic acids is 1. The van der Waals surface area contributed by atoms with E-state index in [0.29, 0.717) is 31.5 Å². The Morgan fingerprint density at radius 2 is 2.06 bits per heavy atom. The third-order valence-corrected chi connectivity index (χ3v) is 2.20. The van der Waals surface area contributed by atoms with Gasteiger partial charge in [0, 0.05) is 37.0 Å². The molecular weight excluding hydrogens is 232 g/mol. The van der Waals surface area contributed by atoms with E-state index in [1.165, 1.54) is 0 Å². The third-order valence-electron chi connectivity index (χ3n) is 2.20. The second-order valence-corrected chi connectivity index (χ2v) is 4.39. The number of anilines is 1. The van der Waals surface area contributed by atoms with Gasteiger partial charge in [-0.2, -0.15) is 0 Å². The maximum Gasteiger partial charge on any atom is 0.303 e. The highest BCUT2D eigenvalue weighted by molar-refractivity contribution is 5.66. The van der Waals surface area contributed by atoms with E-state index in [0.717, 1.165) is 5.56 Å². The van der Waals surface area contributed by atoms with Crippen LogP contribution in [-0.4, -0.2) is 33.6 Å². The van der Waals surface area contributed by atoms with Crippen molar-refractivity contribution in [3.05, 3.63) is 18.0 Å². The molecule has 18 heavy (non-hydrogen) atoms. The van der Waals surface area contributed by atoms with E-state index in [1.54, 1.807) is 12.4 Å². The fraction of sp³-hybridized carbons (Fsp3) is 0.583. The molecule has 0 atom stereocenters. The minimum Gasteiger partial charge on any atom is -0.481 e. The van der Waals surface area contributed by atoms with Crippen LogP contribution in [-0.2, 0) is 11.3 Å². The quantitative estimate of drug-likeness (QED) is 0.604. The summed E-state index contributed by atoms with van der Waals surface area (Å²) < 4.78 is 0. The fourth-order valence-corrected chi connectivity index (χ4v) is 1.38. The van der Waals surface area contributed by atoms with Crippen molar-refractivity contribution in [2.75, 3.05) is 11.9 Å². The minimum absolute atomic E-state index is 0.195. The molecule has 0 aliphatic carbocycles. The maximum atomic E-state index is 10.3. The van der Waals surface area contributed by atoms with Crippen molar-refractivity contribution < 1.29 is 9.90 Å². The standard InChI is InChI=1S/C12H20N4O2/c1-9(2)16-12-14-7-10(8-15-12)6-13-5-3-4-11(17)18/h7-9,13H,3-6H2,1-2H3,(H,17,18)(H,14,15,16). The van der Waals surface area contributed by atoms with E-state index < -0.39 is 5.97 Å². The van der Waals surface area contributed by atoms with E-state index in [4.69, 9.17) is 5.11 Å². The lowest BCUT2D eigenvalue weighted by molar-refractivity contribution is -0.137. The minimum atomic E-state index is -0.760. The summed E-state index contributed by atoms with van der Waals surface area (Å²) in [7, 11) is 0. The molecule has 6 heteroatoms. The Bertz CT molecular complexity index is 365. The van der Waals surface area contributed by atoms with Crippen molar-refractivity contribution in [3.63, 3.8) is 0 Å². The van der Waals surface area contributed by atoms with Gasteiger partial charge in [0.05, 0.1) is 0 Å². The van der Waals surface area contributed by atoms with Gasteiger partial charge in [-0.3, -0.25) is 4.79 Å². The van der Waals surface area contributed by atoms with Crippen LogP contribution in [0.1, 0.15) is 32.3 Å². The van der Waals surface area contributed by atoms with E-state index in [2.05, 4.69) is 20.6 Å². The number of nitrogens with one attached hydrogen (secondary N) is 2. The summed E-state index contributed by atoms with van der Waals surface area (Å²) in [5, 5.41) is 14.7. The predicted molar refractivity (Wildman–Crippen MR) is 69.4 cm³/mol.